The first kappa shape index (κ1) is 11.1. The van der Waals surface area contributed by atoms with E-state index in [-0.39, 0.29) is 12.5 Å². The van der Waals surface area contributed by atoms with E-state index in [1.807, 2.05) is 12.1 Å². The number of likely N-dealkylation sites (N-methyl/N-ethyl adjacent to an activating group) is 1. The normalized spacial score (nSPS) is 9.07. The maximum Gasteiger partial charge on any atom is 0.257 e. The first-order valence-electron chi connectivity index (χ1n) is 4.55. The lowest BCUT2D eigenvalue weighted by atomic mass is 10.2. The Hall–Kier alpha value is -2.02. The summed E-state index contributed by atoms with van der Waals surface area (Å²) in [5.74, 6) is 0.455. The number of hydrogen-bond donors (Lipinski definition) is 1. The number of nitrogens with zero attached hydrogens (tertiary/aromatic N) is 1. The van der Waals surface area contributed by atoms with Crippen LogP contribution >= 0.6 is 0 Å². The molecule has 1 N–H and O–H groups in total. The van der Waals surface area contributed by atoms with Crippen LogP contribution in [0.2, 0.25) is 0 Å². The lowest BCUT2D eigenvalue weighted by Gasteiger charge is -2.05. The van der Waals surface area contributed by atoms with E-state index < -0.39 is 0 Å². The Balaban J connectivity index is 2.50. The third kappa shape index (κ3) is 3.69. The number of benzene rings is 1. The second-order valence-electron chi connectivity index (χ2n) is 2.94. The van der Waals surface area contributed by atoms with Crippen LogP contribution in [0.4, 0.5) is 0 Å². The molecule has 0 atom stereocenters. The van der Waals surface area contributed by atoms with Crippen molar-refractivity contribution in [3.05, 3.63) is 29.8 Å². The van der Waals surface area contributed by atoms with Gasteiger partial charge in [-0.3, -0.25) is 4.79 Å². The zero-order valence-corrected chi connectivity index (χ0v) is 8.49. The minimum atomic E-state index is -0.170. The standard InChI is InChI=1S/C11H12N2O2/c1-13-11(14)8-15-10-4-2-9(3-5-10)6-7-12/h2-5H,6,8H2,1H3,(H,13,14). The highest BCUT2D eigenvalue weighted by molar-refractivity contribution is 5.77. The molecule has 0 radical (unpaired) electrons. The lowest BCUT2D eigenvalue weighted by Crippen LogP contribution is -2.24. The summed E-state index contributed by atoms with van der Waals surface area (Å²) < 4.78 is 5.20. The Kier molecular flexibility index (Phi) is 4.17. The van der Waals surface area contributed by atoms with Gasteiger partial charge in [0.1, 0.15) is 5.75 Å². The molecule has 0 saturated carbocycles. The fraction of sp³-hybridized carbons (Fsp3) is 0.273. The van der Waals surface area contributed by atoms with Crippen LogP contribution in [-0.2, 0) is 11.2 Å². The predicted octanol–water partition coefficient (Wildman–Crippen LogP) is 0.877. The number of carbonyl (C=O) groups excluding carboxylic acids is 1. The molecule has 0 fully saturated rings. The summed E-state index contributed by atoms with van der Waals surface area (Å²) in [6.07, 6.45) is 0.385. The van der Waals surface area contributed by atoms with Crippen molar-refractivity contribution < 1.29 is 9.53 Å². The van der Waals surface area contributed by atoms with Crippen LogP contribution in [0.1, 0.15) is 5.56 Å². The highest BCUT2D eigenvalue weighted by Gasteiger charge is 1.99. The van der Waals surface area contributed by atoms with Gasteiger partial charge in [-0.05, 0) is 17.7 Å². The number of rotatable bonds is 4. The fourth-order valence-corrected chi connectivity index (χ4v) is 1.02. The second-order valence-corrected chi connectivity index (χ2v) is 2.94. The Morgan fingerprint density at radius 3 is 2.67 bits per heavy atom. The molecule has 0 spiro atoms. The van der Waals surface area contributed by atoms with Gasteiger partial charge in [0.2, 0.25) is 0 Å². The first-order valence-corrected chi connectivity index (χ1v) is 4.55. The topological polar surface area (TPSA) is 62.1 Å². The molecule has 1 rings (SSSR count). The molecule has 1 aromatic carbocycles. The van der Waals surface area contributed by atoms with Crippen molar-refractivity contribution in [2.75, 3.05) is 13.7 Å². The van der Waals surface area contributed by atoms with E-state index in [0.29, 0.717) is 12.2 Å². The predicted molar refractivity (Wildman–Crippen MR) is 55.3 cm³/mol. The number of carbonyl (C=O) groups is 1. The number of amides is 1. The number of nitrogens with one attached hydrogen (secondary N) is 1. The summed E-state index contributed by atoms with van der Waals surface area (Å²) in [7, 11) is 1.56. The molecule has 4 nitrogen and oxygen atoms in total. The van der Waals surface area contributed by atoms with Gasteiger partial charge in [0, 0.05) is 7.05 Å². The van der Waals surface area contributed by atoms with Gasteiger partial charge in [0.05, 0.1) is 12.5 Å². The lowest BCUT2D eigenvalue weighted by molar-refractivity contribution is -0.122. The average Bonchev–Trinajstić information content (AvgIpc) is 2.28. The molecular weight excluding hydrogens is 192 g/mol. The van der Waals surface area contributed by atoms with E-state index >= 15 is 0 Å². The molecule has 0 aliphatic heterocycles. The Labute approximate surface area is 88.5 Å². The van der Waals surface area contributed by atoms with Gasteiger partial charge in [0.15, 0.2) is 6.61 Å². The molecule has 1 aromatic rings. The summed E-state index contributed by atoms with van der Waals surface area (Å²) in [6, 6.07) is 9.17. The van der Waals surface area contributed by atoms with Crippen molar-refractivity contribution in [3.8, 4) is 11.8 Å². The van der Waals surface area contributed by atoms with Gasteiger partial charge in [-0.25, -0.2) is 0 Å². The van der Waals surface area contributed by atoms with Gasteiger partial charge < -0.3 is 10.1 Å². The summed E-state index contributed by atoms with van der Waals surface area (Å²) in [5.41, 5.74) is 0.935. The van der Waals surface area contributed by atoms with E-state index in [0.717, 1.165) is 5.56 Å². The van der Waals surface area contributed by atoms with E-state index in [4.69, 9.17) is 10.00 Å². The minimum Gasteiger partial charge on any atom is -0.484 e. The zero-order chi connectivity index (χ0) is 11.1. The van der Waals surface area contributed by atoms with E-state index in [1.54, 1.807) is 19.2 Å². The van der Waals surface area contributed by atoms with Gasteiger partial charge in [0.25, 0.3) is 5.91 Å². The Bertz CT molecular complexity index is 365. The molecule has 1 amide bonds. The van der Waals surface area contributed by atoms with E-state index in [2.05, 4.69) is 11.4 Å². The highest BCUT2D eigenvalue weighted by Crippen LogP contribution is 2.12. The van der Waals surface area contributed by atoms with Gasteiger partial charge in [-0.15, -0.1) is 0 Å². The van der Waals surface area contributed by atoms with Gasteiger partial charge in [-0.1, -0.05) is 12.1 Å². The van der Waals surface area contributed by atoms with Crippen molar-refractivity contribution >= 4 is 5.91 Å². The van der Waals surface area contributed by atoms with Crippen molar-refractivity contribution in [2.24, 2.45) is 0 Å². The van der Waals surface area contributed by atoms with E-state index in [1.165, 1.54) is 0 Å². The third-order valence-corrected chi connectivity index (χ3v) is 1.86. The average molecular weight is 204 g/mol. The molecular formula is C11H12N2O2. The maximum atomic E-state index is 10.9. The number of hydrogen-bond acceptors (Lipinski definition) is 3. The SMILES string of the molecule is CNC(=O)COc1ccc(CC#N)cc1. The van der Waals surface area contributed by atoms with Crippen molar-refractivity contribution in [1.82, 2.24) is 5.32 Å². The molecule has 0 aromatic heterocycles. The molecule has 4 heteroatoms. The third-order valence-electron chi connectivity index (χ3n) is 1.86. The Morgan fingerprint density at radius 2 is 2.13 bits per heavy atom. The summed E-state index contributed by atoms with van der Waals surface area (Å²) in [5, 5.41) is 10.9. The monoisotopic (exact) mass is 204 g/mol. The summed E-state index contributed by atoms with van der Waals surface area (Å²) in [6.45, 7) is 0.00803. The smallest absolute Gasteiger partial charge is 0.257 e. The molecule has 15 heavy (non-hydrogen) atoms. The van der Waals surface area contributed by atoms with Crippen LogP contribution in [0, 0.1) is 11.3 Å². The zero-order valence-electron chi connectivity index (χ0n) is 8.49. The summed E-state index contributed by atoms with van der Waals surface area (Å²) >= 11 is 0. The van der Waals surface area contributed by atoms with E-state index in [9.17, 15) is 4.79 Å². The minimum absolute atomic E-state index is 0.00803. The molecule has 0 aliphatic rings. The van der Waals surface area contributed by atoms with Crippen LogP contribution < -0.4 is 10.1 Å². The van der Waals surface area contributed by atoms with Gasteiger partial charge >= 0.3 is 0 Å². The molecule has 0 unspecified atom stereocenters. The van der Waals surface area contributed by atoms with Crippen molar-refractivity contribution in [3.63, 3.8) is 0 Å². The number of ether oxygens (including phenoxy) is 1. The quantitative estimate of drug-likeness (QED) is 0.791. The first-order chi connectivity index (χ1) is 7.26. The second kappa shape index (κ2) is 5.66. The van der Waals surface area contributed by atoms with Crippen LogP contribution in [0.5, 0.6) is 5.75 Å². The number of nitriles is 1. The van der Waals surface area contributed by atoms with Crippen molar-refractivity contribution in [2.45, 2.75) is 6.42 Å². The Morgan fingerprint density at radius 1 is 1.47 bits per heavy atom. The molecule has 0 aliphatic carbocycles. The van der Waals surface area contributed by atoms with Crippen LogP contribution in [-0.4, -0.2) is 19.6 Å². The largest absolute Gasteiger partial charge is 0.484 e. The van der Waals surface area contributed by atoms with Crippen molar-refractivity contribution in [1.29, 1.82) is 5.26 Å². The van der Waals surface area contributed by atoms with Gasteiger partial charge in [-0.2, -0.15) is 5.26 Å². The molecule has 0 bridgehead atoms. The maximum absolute atomic E-state index is 10.9. The molecule has 0 heterocycles. The van der Waals surface area contributed by atoms with Crippen LogP contribution in [0.15, 0.2) is 24.3 Å². The highest BCUT2D eigenvalue weighted by atomic mass is 16.5. The summed E-state index contributed by atoms with van der Waals surface area (Å²) in [4.78, 5) is 10.9. The molecule has 0 saturated heterocycles. The molecule has 78 valence electrons. The fourth-order valence-electron chi connectivity index (χ4n) is 1.02. The van der Waals surface area contributed by atoms with Crippen LogP contribution in [0.25, 0.3) is 0 Å². The van der Waals surface area contributed by atoms with Crippen LogP contribution in [0.3, 0.4) is 0 Å².